The van der Waals surface area contributed by atoms with E-state index in [1.807, 2.05) is 0 Å². The molecule has 0 amide bonds. The number of phenolic OH excluding ortho intramolecular Hbond substituents is 3. The van der Waals surface area contributed by atoms with Crippen molar-refractivity contribution in [2.75, 3.05) is 20.3 Å². The molecule has 10 N–H and O–H groups in total. The summed E-state index contributed by atoms with van der Waals surface area (Å²) in [5.41, 5.74) is 0.984. The average Bonchev–Trinajstić information content (AvgIpc) is 3.16. The van der Waals surface area contributed by atoms with Crippen molar-refractivity contribution < 1.29 is 93.8 Å². The highest BCUT2D eigenvalue weighted by Gasteiger charge is 2.54. The van der Waals surface area contributed by atoms with Crippen LogP contribution in [0.2, 0.25) is 0 Å². The summed E-state index contributed by atoms with van der Waals surface area (Å²) in [6, 6.07) is 8.42. The lowest BCUT2D eigenvalue weighted by atomic mass is 9.96. The van der Waals surface area contributed by atoms with Crippen molar-refractivity contribution in [3.05, 3.63) is 53.6 Å². The molecule has 5 rings (SSSR count). The normalized spacial score (nSPS) is 36.8. The molecule has 15 unspecified atom stereocenters. The molecule has 0 radical (unpaired) electrons. The largest absolute Gasteiger partial charge is 0.504 e. The number of methoxy groups -OCH3 is 1. The first-order chi connectivity index (χ1) is 26.1. The number of benzene rings is 2. The standard InChI is InChI=1S/C36H48O19/c1-15-25(42)27(44)29(46)35(50-15)55-33-28(45)26(43)16(2)51-36(33)54-32-30(47)34(49-11-10-18-4-7-19(38)21(40)12-18)52-23(14-37)31(32)53-24(41)9-6-17-5-8-20(39)22(13-17)48-3/h4-9,12-13,15-16,23,25-40,42-47H,10-11,14H2,1-3H3/b9-6+. The SMILES string of the molecule is COc1cc(/C=C/C(=O)OC2C(CO)OC(OCCc3ccc(O)c(O)c3)C(O)C2OC2OC(C)C(O)C(O)C2OC2OC(C)C(O)C(O)C2O)ccc1O. The summed E-state index contributed by atoms with van der Waals surface area (Å²) in [7, 11) is 1.35. The molecule has 55 heavy (non-hydrogen) atoms. The minimum Gasteiger partial charge on any atom is -0.504 e. The molecule has 3 aliphatic rings. The maximum absolute atomic E-state index is 13.2. The van der Waals surface area contributed by atoms with Gasteiger partial charge in [0, 0.05) is 6.08 Å². The highest BCUT2D eigenvalue weighted by Crippen LogP contribution is 2.35. The van der Waals surface area contributed by atoms with E-state index in [4.69, 9.17) is 37.9 Å². The van der Waals surface area contributed by atoms with Gasteiger partial charge in [0.05, 0.1) is 32.5 Å². The van der Waals surface area contributed by atoms with Crippen LogP contribution in [0.15, 0.2) is 42.5 Å². The van der Waals surface area contributed by atoms with Crippen LogP contribution < -0.4 is 4.74 Å². The maximum atomic E-state index is 13.2. The number of rotatable bonds is 13. The zero-order chi connectivity index (χ0) is 40.1. The number of carbonyl (C=O) groups is 1. The Labute approximate surface area is 315 Å². The van der Waals surface area contributed by atoms with Gasteiger partial charge in [0.25, 0.3) is 0 Å². The zero-order valence-electron chi connectivity index (χ0n) is 30.0. The molecule has 19 nitrogen and oxygen atoms in total. The Morgan fingerprint density at radius 1 is 0.709 bits per heavy atom. The third kappa shape index (κ3) is 9.84. The first kappa shape index (κ1) is 42.5. The number of ether oxygens (including phenoxy) is 8. The van der Waals surface area contributed by atoms with Gasteiger partial charge in [-0.15, -0.1) is 0 Å². The molecule has 15 atom stereocenters. The van der Waals surface area contributed by atoms with E-state index >= 15 is 0 Å². The van der Waals surface area contributed by atoms with Crippen molar-refractivity contribution in [2.24, 2.45) is 0 Å². The van der Waals surface area contributed by atoms with Crippen LogP contribution in [0.3, 0.4) is 0 Å². The van der Waals surface area contributed by atoms with Crippen molar-refractivity contribution >= 4 is 12.0 Å². The van der Waals surface area contributed by atoms with E-state index < -0.39 is 105 Å². The summed E-state index contributed by atoms with van der Waals surface area (Å²) in [4.78, 5) is 13.2. The van der Waals surface area contributed by atoms with Crippen molar-refractivity contribution in [1.82, 2.24) is 0 Å². The summed E-state index contributed by atoms with van der Waals surface area (Å²) in [5, 5.41) is 104. The number of aliphatic hydroxyl groups excluding tert-OH is 7. The van der Waals surface area contributed by atoms with Crippen molar-refractivity contribution in [3.63, 3.8) is 0 Å². The van der Waals surface area contributed by atoms with Crippen LogP contribution in [0, 0.1) is 0 Å². The number of carbonyl (C=O) groups excluding carboxylic acids is 1. The van der Waals surface area contributed by atoms with Crippen LogP contribution in [0.25, 0.3) is 6.08 Å². The maximum Gasteiger partial charge on any atom is 0.331 e. The average molecular weight is 785 g/mol. The summed E-state index contributed by atoms with van der Waals surface area (Å²) in [6.07, 6.45) is -21.1. The number of aliphatic hydroxyl groups is 7. The van der Waals surface area contributed by atoms with Gasteiger partial charge in [0.2, 0.25) is 0 Å². The van der Waals surface area contributed by atoms with Crippen LogP contribution >= 0.6 is 0 Å². The van der Waals surface area contributed by atoms with Crippen LogP contribution in [0.4, 0.5) is 0 Å². The quantitative estimate of drug-likeness (QED) is 0.0605. The van der Waals surface area contributed by atoms with Crippen LogP contribution in [0.5, 0.6) is 23.0 Å². The molecular weight excluding hydrogens is 736 g/mol. The Morgan fingerprint density at radius 3 is 2.04 bits per heavy atom. The zero-order valence-corrected chi connectivity index (χ0v) is 30.0. The fraction of sp³-hybridized carbons (Fsp3) is 0.583. The molecule has 19 heteroatoms. The summed E-state index contributed by atoms with van der Waals surface area (Å²) in [5.74, 6) is -1.68. The third-order valence-corrected chi connectivity index (χ3v) is 9.55. The molecule has 0 bridgehead atoms. The number of esters is 1. The molecule has 306 valence electrons. The minimum absolute atomic E-state index is 0.128. The molecule has 3 saturated heterocycles. The fourth-order valence-electron chi connectivity index (χ4n) is 6.32. The van der Waals surface area contributed by atoms with E-state index in [0.29, 0.717) is 11.1 Å². The first-order valence-electron chi connectivity index (χ1n) is 17.5. The van der Waals surface area contributed by atoms with Gasteiger partial charge in [-0.25, -0.2) is 4.79 Å². The Kier molecular flexibility index (Phi) is 14.3. The Balaban J connectivity index is 1.41. The molecule has 3 fully saturated rings. The monoisotopic (exact) mass is 784 g/mol. The van der Waals surface area contributed by atoms with Crippen LogP contribution in [-0.4, -0.2) is 169 Å². The van der Waals surface area contributed by atoms with Gasteiger partial charge >= 0.3 is 5.97 Å². The van der Waals surface area contributed by atoms with Crippen LogP contribution in [0.1, 0.15) is 25.0 Å². The highest BCUT2D eigenvalue weighted by atomic mass is 16.8. The van der Waals surface area contributed by atoms with Gasteiger partial charge in [-0.2, -0.15) is 0 Å². The van der Waals surface area contributed by atoms with Gasteiger partial charge < -0.3 is 89.0 Å². The molecule has 2 aromatic rings. The second kappa shape index (κ2) is 18.5. The molecule has 2 aromatic carbocycles. The number of hydrogen-bond donors (Lipinski definition) is 10. The lowest BCUT2D eigenvalue weighted by Crippen LogP contribution is -2.66. The minimum atomic E-state index is -1.83. The Bertz CT molecular complexity index is 1610. The summed E-state index contributed by atoms with van der Waals surface area (Å²) >= 11 is 0. The molecular formula is C36H48O19. The predicted molar refractivity (Wildman–Crippen MR) is 183 cm³/mol. The predicted octanol–water partition coefficient (Wildman–Crippen LogP) is -1.86. The first-order valence-corrected chi connectivity index (χ1v) is 17.5. The van der Waals surface area contributed by atoms with Crippen LogP contribution in [-0.2, 0) is 44.4 Å². The number of aromatic hydroxyl groups is 3. The summed E-state index contributed by atoms with van der Waals surface area (Å²) in [6.45, 7) is 1.88. The molecule has 0 aliphatic carbocycles. The number of phenols is 3. The van der Waals surface area contributed by atoms with E-state index in [1.165, 1.54) is 63.4 Å². The molecule has 0 saturated carbocycles. The van der Waals surface area contributed by atoms with Gasteiger partial charge in [-0.3, -0.25) is 0 Å². The molecule has 0 spiro atoms. The Hall–Kier alpha value is -3.67. The highest BCUT2D eigenvalue weighted by molar-refractivity contribution is 5.87. The third-order valence-electron chi connectivity index (χ3n) is 9.55. The smallest absolute Gasteiger partial charge is 0.331 e. The van der Waals surface area contributed by atoms with E-state index in [9.17, 15) is 55.9 Å². The second-order valence-corrected chi connectivity index (χ2v) is 13.4. The lowest BCUT2D eigenvalue weighted by molar-refractivity contribution is -0.385. The summed E-state index contributed by atoms with van der Waals surface area (Å²) < 4.78 is 45.7. The van der Waals surface area contributed by atoms with E-state index in [0.717, 1.165) is 6.08 Å². The van der Waals surface area contributed by atoms with Crippen molar-refractivity contribution in [2.45, 2.75) is 112 Å². The molecule has 0 aromatic heterocycles. The van der Waals surface area contributed by atoms with E-state index in [1.54, 1.807) is 0 Å². The molecule has 3 aliphatic heterocycles. The topological polar surface area (TPSA) is 293 Å². The van der Waals surface area contributed by atoms with Crippen molar-refractivity contribution in [1.29, 1.82) is 0 Å². The Morgan fingerprint density at radius 2 is 1.36 bits per heavy atom. The van der Waals surface area contributed by atoms with Gasteiger partial charge in [-0.05, 0) is 61.7 Å². The fourth-order valence-corrected chi connectivity index (χ4v) is 6.32. The van der Waals surface area contributed by atoms with Crippen molar-refractivity contribution in [3.8, 4) is 23.0 Å². The second-order valence-electron chi connectivity index (χ2n) is 13.4. The van der Waals surface area contributed by atoms with Gasteiger partial charge in [-0.1, -0.05) is 12.1 Å². The lowest BCUT2D eigenvalue weighted by Gasteiger charge is -2.48. The van der Waals surface area contributed by atoms with Gasteiger partial charge in [0.1, 0.15) is 54.9 Å². The van der Waals surface area contributed by atoms with Gasteiger partial charge in [0.15, 0.2) is 48.0 Å². The molecule has 3 heterocycles. The van der Waals surface area contributed by atoms with E-state index in [2.05, 4.69) is 0 Å². The number of hydrogen-bond acceptors (Lipinski definition) is 19. The van der Waals surface area contributed by atoms with E-state index in [-0.39, 0.29) is 36.0 Å².